The summed E-state index contributed by atoms with van der Waals surface area (Å²) in [6.07, 6.45) is 0.336. The van der Waals surface area contributed by atoms with E-state index in [4.69, 9.17) is 4.74 Å². The highest BCUT2D eigenvalue weighted by Crippen LogP contribution is 2.38. The first-order valence-electron chi connectivity index (χ1n) is 7.97. The number of aliphatic carboxylic acids is 1. The van der Waals surface area contributed by atoms with Gasteiger partial charge in [-0.1, -0.05) is 19.1 Å². The van der Waals surface area contributed by atoms with Crippen LogP contribution in [0, 0.1) is 11.8 Å². The zero-order valence-corrected chi connectivity index (χ0v) is 15.7. The smallest absolute Gasteiger partial charge is 0.344 e. The maximum absolute atomic E-state index is 14.4. The van der Waals surface area contributed by atoms with Crippen LogP contribution >= 0.6 is 15.9 Å². The average molecular weight is 438 g/mol. The van der Waals surface area contributed by atoms with Gasteiger partial charge in [-0.3, -0.25) is 0 Å². The van der Waals surface area contributed by atoms with E-state index in [9.17, 15) is 18.7 Å². The largest absolute Gasteiger partial charge is 0.479 e. The second-order valence-corrected chi connectivity index (χ2v) is 6.34. The number of hydrogen-bond donors (Lipinski definition) is 1. The number of para-hydroxylation sites is 1. The van der Waals surface area contributed by atoms with Gasteiger partial charge in [-0.15, -0.1) is 5.10 Å². The van der Waals surface area contributed by atoms with Crippen molar-refractivity contribution < 1.29 is 23.4 Å². The second kappa shape index (κ2) is 7.83. The summed E-state index contributed by atoms with van der Waals surface area (Å²) in [4.78, 5) is 14.8. The molecule has 0 aliphatic heterocycles. The van der Waals surface area contributed by atoms with Crippen molar-refractivity contribution in [1.82, 2.24) is 14.8 Å². The Morgan fingerprint density at radius 2 is 2.07 bits per heavy atom. The van der Waals surface area contributed by atoms with E-state index in [1.54, 1.807) is 13.0 Å². The van der Waals surface area contributed by atoms with Crippen molar-refractivity contribution in [2.75, 3.05) is 0 Å². The van der Waals surface area contributed by atoms with Gasteiger partial charge < -0.3 is 9.84 Å². The Bertz CT molecular complexity index is 994. The van der Waals surface area contributed by atoms with Crippen LogP contribution in [0.15, 0.2) is 47.1 Å². The molecule has 0 spiro atoms. The van der Waals surface area contributed by atoms with Gasteiger partial charge in [0.15, 0.2) is 6.10 Å². The lowest BCUT2D eigenvalue weighted by Crippen LogP contribution is -2.26. The molecule has 0 fully saturated rings. The molecule has 0 aliphatic carbocycles. The molecule has 1 atom stereocenters. The van der Waals surface area contributed by atoms with Crippen LogP contribution in [-0.2, 0) is 4.79 Å². The Hall–Kier alpha value is -2.81. The molecular formula is C18H14BrF2N3O3. The van der Waals surface area contributed by atoms with Crippen molar-refractivity contribution in [2.24, 2.45) is 0 Å². The summed E-state index contributed by atoms with van der Waals surface area (Å²) in [6, 6.07) is 8.59. The highest BCUT2D eigenvalue weighted by molar-refractivity contribution is 9.10. The van der Waals surface area contributed by atoms with E-state index in [-0.39, 0.29) is 22.5 Å². The van der Waals surface area contributed by atoms with Gasteiger partial charge in [0.05, 0.1) is 5.69 Å². The Balaban J connectivity index is 2.20. The van der Waals surface area contributed by atoms with Crippen molar-refractivity contribution in [3.05, 3.63) is 58.8 Å². The lowest BCUT2D eigenvalue weighted by atomic mass is 10.2. The quantitative estimate of drug-likeness (QED) is 0.584. The van der Waals surface area contributed by atoms with Gasteiger partial charge >= 0.3 is 5.97 Å². The lowest BCUT2D eigenvalue weighted by molar-refractivity contribution is -0.145. The minimum Gasteiger partial charge on any atom is -0.479 e. The zero-order valence-electron chi connectivity index (χ0n) is 14.1. The first-order chi connectivity index (χ1) is 12.9. The van der Waals surface area contributed by atoms with E-state index in [1.807, 2.05) is 0 Å². The van der Waals surface area contributed by atoms with Crippen LogP contribution in [0.3, 0.4) is 0 Å². The molecule has 9 heteroatoms. The number of pyridine rings is 1. The standard InChI is InChI=1S/C18H14BrF2N3O3/c1-2-13(18(25)26)27-17-15(19)16(10-7-8-22-14(21)9-10)24(23-17)12-6-4-3-5-11(12)20/h3-9,13H,2H2,1H3,(H,25,26). The molecule has 0 saturated carbocycles. The normalized spacial score (nSPS) is 12.0. The van der Waals surface area contributed by atoms with E-state index in [2.05, 4.69) is 26.0 Å². The van der Waals surface area contributed by atoms with Gasteiger partial charge in [0.1, 0.15) is 16.0 Å². The summed E-state index contributed by atoms with van der Waals surface area (Å²) in [7, 11) is 0. The molecule has 1 unspecified atom stereocenters. The van der Waals surface area contributed by atoms with E-state index >= 15 is 0 Å². The van der Waals surface area contributed by atoms with Crippen LogP contribution in [0.1, 0.15) is 13.3 Å². The van der Waals surface area contributed by atoms with Crippen LogP contribution < -0.4 is 4.74 Å². The molecule has 140 valence electrons. The molecule has 0 amide bonds. The van der Waals surface area contributed by atoms with Crippen LogP contribution in [0.25, 0.3) is 16.9 Å². The van der Waals surface area contributed by atoms with Crippen molar-refractivity contribution in [3.8, 4) is 22.8 Å². The SMILES string of the molecule is CCC(Oc1nn(-c2ccccc2F)c(-c2ccnc(F)c2)c1Br)C(=O)O. The number of aromatic nitrogens is 3. The average Bonchev–Trinajstić information content (AvgIpc) is 2.96. The summed E-state index contributed by atoms with van der Waals surface area (Å²) in [5.41, 5.74) is 0.767. The van der Waals surface area contributed by atoms with Crippen LogP contribution in [0.5, 0.6) is 5.88 Å². The molecule has 1 aromatic carbocycles. The molecule has 0 radical (unpaired) electrons. The Morgan fingerprint density at radius 3 is 2.70 bits per heavy atom. The Morgan fingerprint density at radius 1 is 1.33 bits per heavy atom. The predicted molar refractivity (Wildman–Crippen MR) is 96.8 cm³/mol. The summed E-state index contributed by atoms with van der Waals surface area (Å²) >= 11 is 3.33. The van der Waals surface area contributed by atoms with E-state index in [1.165, 1.54) is 35.1 Å². The van der Waals surface area contributed by atoms with Crippen molar-refractivity contribution in [2.45, 2.75) is 19.4 Å². The molecule has 1 N–H and O–H groups in total. The fraction of sp³-hybridized carbons (Fsp3) is 0.167. The second-order valence-electron chi connectivity index (χ2n) is 5.55. The highest BCUT2D eigenvalue weighted by atomic mass is 79.9. The molecule has 3 rings (SSSR count). The van der Waals surface area contributed by atoms with Gasteiger partial charge in [0.25, 0.3) is 0 Å². The maximum Gasteiger partial charge on any atom is 0.344 e. The van der Waals surface area contributed by atoms with Crippen molar-refractivity contribution in [1.29, 1.82) is 0 Å². The van der Waals surface area contributed by atoms with E-state index < -0.39 is 23.8 Å². The third-order valence-electron chi connectivity index (χ3n) is 3.78. The number of carbonyl (C=O) groups is 1. The van der Waals surface area contributed by atoms with Gasteiger partial charge in [-0.2, -0.15) is 4.39 Å². The van der Waals surface area contributed by atoms with Gasteiger partial charge in [-0.25, -0.2) is 18.9 Å². The molecule has 2 aromatic heterocycles. The minimum atomic E-state index is -1.15. The monoisotopic (exact) mass is 437 g/mol. The summed E-state index contributed by atoms with van der Waals surface area (Å²) < 4.78 is 35.0. The molecule has 2 heterocycles. The van der Waals surface area contributed by atoms with Gasteiger partial charge in [0, 0.05) is 17.8 Å². The summed E-state index contributed by atoms with van der Waals surface area (Å²) in [5.74, 6) is -2.47. The topological polar surface area (TPSA) is 77.2 Å². The van der Waals surface area contributed by atoms with Crippen LogP contribution in [0.2, 0.25) is 0 Å². The van der Waals surface area contributed by atoms with Crippen molar-refractivity contribution in [3.63, 3.8) is 0 Å². The number of ether oxygens (including phenoxy) is 1. The van der Waals surface area contributed by atoms with Crippen LogP contribution in [-0.4, -0.2) is 31.9 Å². The maximum atomic E-state index is 14.4. The number of nitrogens with zero attached hydrogens (tertiary/aromatic N) is 3. The number of benzene rings is 1. The molecule has 0 bridgehead atoms. The van der Waals surface area contributed by atoms with Gasteiger partial charge in [0.2, 0.25) is 11.8 Å². The lowest BCUT2D eigenvalue weighted by Gasteiger charge is -2.10. The molecular weight excluding hydrogens is 424 g/mol. The highest BCUT2D eigenvalue weighted by Gasteiger charge is 2.26. The predicted octanol–water partition coefficient (Wildman–Crippen LogP) is 4.22. The molecule has 0 aliphatic rings. The van der Waals surface area contributed by atoms with E-state index in [0.29, 0.717) is 11.3 Å². The fourth-order valence-electron chi connectivity index (χ4n) is 2.49. The number of hydrogen-bond acceptors (Lipinski definition) is 4. The summed E-state index contributed by atoms with van der Waals surface area (Å²) in [6.45, 7) is 1.65. The third-order valence-corrected chi connectivity index (χ3v) is 4.49. The van der Waals surface area contributed by atoms with Crippen LogP contribution in [0.4, 0.5) is 8.78 Å². The summed E-state index contributed by atoms with van der Waals surface area (Å²) in [5, 5.41) is 13.4. The molecule has 6 nitrogen and oxygen atoms in total. The molecule has 0 saturated heterocycles. The van der Waals surface area contributed by atoms with E-state index in [0.717, 1.165) is 6.07 Å². The zero-order chi connectivity index (χ0) is 19.6. The number of rotatable bonds is 6. The number of carboxylic acids is 1. The Kier molecular flexibility index (Phi) is 5.50. The first-order valence-corrected chi connectivity index (χ1v) is 8.76. The first kappa shape index (κ1) is 19.0. The third kappa shape index (κ3) is 3.82. The van der Waals surface area contributed by atoms with Crippen molar-refractivity contribution >= 4 is 21.9 Å². The molecule has 27 heavy (non-hydrogen) atoms. The van der Waals surface area contributed by atoms with Gasteiger partial charge in [-0.05, 0) is 40.5 Å². The fourth-order valence-corrected chi connectivity index (χ4v) is 3.06. The number of carboxylic acid groups (broad SMARTS) is 1. The molecule has 3 aromatic rings. The number of halogens is 3. The minimum absolute atomic E-state index is 0.0419. The Labute approximate surface area is 161 Å².